The molecule has 0 bridgehead atoms. The maximum absolute atomic E-state index is 13.8. The van der Waals surface area contributed by atoms with Gasteiger partial charge in [-0.05, 0) is 37.8 Å². The fourth-order valence-electron chi connectivity index (χ4n) is 2.52. The van der Waals surface area contributed by atoms with Crippen molar-refractivity contribution in [2.24, 2.45) is 5.92 Å². The summed E-state index contributed by atoms with van der Waals surface area (Å²) in [4.78, 5) is 2.26. The molecule has 0 aliphatic carbocycles. The molecule has 4 heteroatoms. The molecule has 100 valence electrons. The Bertz CT molecular complexity index is 393. The molecule has 2 rings (SSSR count). The van der Waals surface area contributed by atoms with Crippen LogP contribution in [0.25, 0.3) is 0 Å². The normalized spacial score (nSPS) is 25.3. The fourth-order valence-corrected chi connectivity index (χ4v) is 2.99. The van der Waals surface area contributed by atoms with Crippen molar-refractivity contribution in [2.75, 3.05) is 13.2 Å². The molecule has 0 amide bonds. The average Bonchev–Trinajstić information content (AvgIpc) is 2.36. The summed E-state index contributed by atoms with van der Waals surface area (Å²) in [7, 11) is 0. The molecule has 0 aromatic heterocycles. The number of aliphatic hydroxyl groups excluding tert-OH is 1. The van der Waals surface area contributed by atoms with Gasteiger partial charge in [-0.1, -0.05) is 22.0 Å². The van der Waals surface area contributed by atoms with Gasteiger partial charge in [-0.3, -0.25) is 4.90 Å². The lowest BCUT2D eigenvalue weighted by molar-refractivity contribution is 0.0762. The number of hydrogen-bond donors (Lipinski definition) is 1. The predicted molar refractivity (Wildman–Crippen MR) is 73.8 cm³/mol. The first-order chi connectivity index (χ1) is 8.61. The number of hydrogen-bond acceptors (Lipinski definition) is 2. The van der Waals surface area contributed by atoms with Gasteiger partial charge in [-0.15, -0.1) is 0 Å². The maximum Gasteiger partial charge on any atom is 0.128 e. The van der Waals surface area contributed by atoms with Crippen LogP contribution in [-0.2, 0) is 6.54 Å². The molecule has 1 heterocycles. The van der Waals surface area contributed by atoms with E-state index >= 15 is 0 Å². The van der Waals surface area contributed by atoms with Crippen molar-refractivity contribution in [1.29, 1.82) is 0 Å². The largest absolute Gasteiger partial charge is 0.396 e. The lowest BCUT2D eigenvalue weighted by Gasteiger charge is -2.37. The monoisotopic (exact) mass is 315 g/mol. The molecule has 1 saturated heterocycles. The third-order valence-electron chi connectivity index (χ3n) is 3.79. The van der Waals surface area contributed by atoms with E-state index in [2.05, 4.69) is 27.8 Å². The van der Waals surface area contributed by atoms with Crippen LogP contribution in [0.5, 0.6) is 0 Å². The second-order valence-corrected chi connectivity index (χ2v) is 5.96. The fraction of sp³-hybridized carbons (Fsp3) is 0.571. The molecular formula is C14H19BrFNO. The summed E-state index contributed by atoms with van der Waals surface area (Å²) in [5.41, 5.74) is 0.711. The molecule has 0 saturated carbocycles. The van der Waals surface area contributed by atoms with Crippen LogP contribution >= 0.6 is 15.9 Å². The molecule has 1 aromatic rings. The second kappa shape index (κ2) is 6.13. The van der Waals surface area contributed by atoms with E-state index in [-0.39, 0.29) is 12.4 Å². The lowest BCUT2D eigenvalue weighted by atomic mass is 9.93. The summed E-state index contributed by atoms with van der Waals surface area (Å²) in [6.07, 6.45) is 2.13. The van der Waals surface area contributed by atoms with E-state index in [9.17, 15) is 9.50 Å². The van der Waals surface area contributed by atoms with Crippen LogP contribution in [0.4, 0.5) is 4.39 Å². The van der Waals surface area contributed by atoms with Crippen molar-refractivity contribution in [3.63, 3.8) is 0 Å². The number of halogens is 2. The van der Waals surface area contributed by atoms with Crippen molar-refractivity contribution < 1.29 is 9.50 Å². The predicted octanol–water partition coefficient (Wildman–Crippen LogP) is 3.18. The molecule has 2 atom stereocenters. The summed E-state index contributed by atoms with van der Waals surface area (Å²) >= 11 is 3.41. The van der Waals surface area contributed by atoms with Crippen LogP contribution in [0, 0.1) is 11.7 Å². The van der Waals surface area contributed by atoms with Gasteiger partial charge in [-0.25, -0.2) is 4.39 Å². The lowest BCUT2D eigenvalue weighted by Crippen LogP contribution is -2.42. The van der Waals surface area contributed by atoms with Gasteiger partial charge in [0.25, 0.3) is 0 Å². The Morgan fingerprint density at radius 3 is 2.89 bits per heavy atom. The minimum atomic E-state index is -0.164. The van der Waals surface area contributed by atoms with Crippen LogP contribution in [0.3, 0.4) is 0 Å². The first-order valence-electron chi connectivity index (χ1n) is 6.39. The van der Waals surface area contributed by atoms with Crippen molar-refractivity contribution in [1.82, 2.24) is 4.90 Å². The molecule has 2 unspecified atom stereocenters. The van der Waals surface area contributed by atoms with E-state index < -0.39 is 0 Å². The van der Waals surface area contributed by atoms with Crippen molar-refractivity contribution in [3.8, 4) is 0 Å². The molecule has 1 N–H and O–H groups in total. The SMILES string of the molecule is CC1CCC(CO)CN1Cc1c(F)cccc1Br. The van der Waals surface area contributed by atoms with Crippen LogP contribution in [0.15, 0.2) is 22.7 Å². The summed E-state index contributed by atoms with van der Waals surface area (Å²) in [6, 6.07) is 5.52. The molecule has 0 spiro atoms. The van der Waals surface area contributed by atoms with E-state index in [0.717, 1.165) is 23.9 Å². The number of piperidine rings is 1. The highest BCUT2D eigenvalue weighted by Gasteiger charge is 2.26. The maximum atomic E-state index is 13.8. The van der Waals surface area contributed by atoms with Gasteiger partial charge in [0, 0.05) is 35.8 Å². The molecule has 1 aliphatic heterocycles. The first-order valence-corrected chi connectivity index (χ1v) is 7.19. The van der Waals surface area contributed by atoms with Crippen molar-refractivity contribution >= 4 is 15.9 Å². The topological polar surface area (TPSA) is 23.5 Å². The highest BCUT2D eigenvalue weighted by molar-refractivity contribution is 9.10. The zero-order chi connectivity index (χ0) is 13.1. The minimum absolute atomic E-state index is 0.164. The highest BCUT2D eigenvalue weighted by Crippen LogP contribution is 2.27. The van der Waals surface area contributed by atoms with E-state index in [1.54, 1.807) is 6.07 Å². The molecule has 0 radical (unpaired) electrons. The number of likely N-dealkylation sites (tertiary alicyclic amines) is 1. The van der Waals surface area contributed by atoms with E-state index in [1.165, 1.54) is 6.07 Å². The summed E-state index contributed by atoms with van der Waals surface area (Å²) in [6.45, 7) is 3.84. The Hall–Kier alpha value is -0.450. The van der Waals surface area contributed by atoms with E-state index in [0.29, 0.717) is 24.1 Å². The van der Waals surface area contributed by atoms with Gasteiger partial charge in [-0.2, -0.15) is 0 Å². The number of aliphatic hydroxyl groups is 1. The average molecular weight is 316 g/mol. The Balaban J connectivity index is 2.12. The van der Waals surface area contributed by atoms with Gasteiger partial charge in [0.05, 0.1) is 0 Å². The molecule has 18 heavy (non-hydrogen) atoms. The van der Waals surface area contributed by atoms with Crippen LogP contribution in [-0.4, -0.2) is 29.2 Å². The van der Waals surface area contributed by atoms with Gasteiger partial charge in [0.1, 0.15) is 5.82 Å². The zero-order valence-electron chi connectivity index (χ0n) is 10.6. The van der Waals surface area contributed by atoms with Crippen LogP contribution in [0.2, 0.25) is 0 Å². The Labute approximate surface area is 116 Å². The van der Waals surface area contributed by atoms with Gasteiger partial charge in [0.15, 0.2) is 0 Å². The first kappa shape index (κ1) is 14.0. The molecular weight excluding hydrogens is 297 g/mol. The Morgan fingerprint density at radius 2 is 2.22 bits per heavy atom. The molecule has 1 aromatic carbocycles. The zero-order valence-corrected chi connectivity index (χ0v) is 12.2. The highest BCUT2D eigenvalue weighted by atomic mass is 79.9. The van der Waals surface area contributed by atoms with Crippen LogP contribution in [0.1, 0.15) is 25.3 Å². The summed E-state index contributed by atoms with van der Waals surface area (Å²) in [5, 5.41) is 9.26. The molecule has 1 aliphatic rings. The third kappa shape index (κ3) is 3.11. The van der Waals surface area contributed by atoms with Crippen molar-refractivity contribution in [2.45, 2.75) is 32.4 Å². The third-order valence-corrected chi connectivity index (χ3v) is 4.53. The van der Waals surface area contributed by atoms with Crippen LogP contribution < -0.4 is 0 Å². The van der Waals surface area contributed by atoms with E-state index in [4.69, 9.17) is 0 Å². The minimum Gasteiger partial charge on any atom is -0.396 e. The Kier molecular flexibility index (Phi) is 4.76. The van der Waals surface area contributed by atoms with Gasteiger partial charge < -0.3 is 5.11 Å². The summed E-state index contributed by atoms with van der Waals surface area (Å²) in [5.74, 6) is 0.162. The number of rotatable bonds is 3. The quantitative estimate of drug-likeness (QED) is 0.926. The summed E-state index contributed by atoms with van der Waals surface area (Å²) < 4.78 is 14.6. The van der Waals surface area contributed by atoms with Gasteiger partial charge in [0.2, 0.25) is 0 Å². The molecule has 2 nitrogen and oxygen atoms in total. The number of benzene rings is 1. The smallest absolute Gasteiger partial charge is 0.128 e. The molecule has 1 fully saturated rings. The number of nitrogens with zero attached hydrogens (tertiary/aromatic N) is 1. The second-order valence-electron chi connectivity index (χ2n) is 5.10. The Morgan fingerprint density at radius 1 is 1.44 bits per heavy atom. The standard InChI is InChI=1S/C14H19BrFNO/c1-10-5-6-11(9-18)7-17(10)8-12-13(15)3-2-4-14(12)16/h2-4,10-11,18H,5-9H2,1H3. The van der Waals surface area contributed by atoms with Gasteiger partial charge >= 0.3 is 0 Å². The van der Waals surface area contributed by atoms with E-state index in [1.807, 2.05) is 6.07 Å². The van der Waals surface area contributed by atoms with Crippen molar-refractivity contribution in [3.05, 3.63) is 34.1 Å².